The lowest BCUT2D eigenvalue weighted by Gasteiger charge is -2.22. The SMILES string of the molecule is CC(C)c1noc([C@]23CCC[C@@H]2CNC3)n1. The van der Waals surface area contributed by atoms with Crippen LogP contribution in [0.5, 0.6) is 0 Å². The molecule has 88 valence electrons. The molecule has 1 aliphatic heterocycles. The number of nitrogens with zero attached hydrogens (tertiary/aromatic N) is 2. The number of hydrogen-bond donors (Lipinski definition) is 1. The summed E-state index contributed by atoms with van der Waals surface area (Å²) < 4.78 is 5.51. The zero-order chi connectivity index (χ0) is 11.2. The lowest BCUT2D eigenvalue weighted by Crippen LogP contribution is -2.31. The third-order valence-electron chi connectivity index (χ3n) is 4.17. The van der Waals surface area contributed by atoms with Gasteiger partial charge in [0.2, 0.25) is 5.89 Å². The van der Waals surface area contributed by atoms with Crippen LogP contribution in [-0.2, 0) is 5.41 Å². The minimum Gasteiger partial charge on any atom is -0.339 e. The average Bonchev–Trinajstić information content (AvgIpc) is 2.91. The molecule has 1 aromatic heterocycles. The van der Waals surface area contributed by atoms with E-state index in [0.29, 0.717) is 11.8 Å². The molecule has 0 radical (unpaired) electrons. The Balaban J connectivity index is 1.95. The standard InChI is InChI=1S/C12H19N3O/c1-8(2)10-14-11(16-15-10)12-5-3-4-9(12)6-13-7-12/h8-9,13H,3-7H2,1-2H3/t9-,12+/m1/s1. The predicted molar refractivity (Wildman–Crippen MR) is 60.3 cm³/mol. The molecule has 0 spiro atoms. The summed E-state index contributed by atoms with van der Waals surface area (Å²) in [6.45, 7) is 6.33. The normalized spacial score (nSPS) is 33.6. The van der Waals surface area contributed by atoms with Crippen LogP contribution >= 0.6 is 0 Å². The van der Waals surface area contributed by atoms with Gasteiger partial charge in [0.15, 0.2) is 5.82 Å². The molecule has 2 atom stereocenters. The molecule has 2 aliphatic rings. The molecule has 1 aromatic rings. The van der Waals surface area contributed by atoms with Crippen molar-refractivity contribution in [2.24, 2.45) is 5.92 Å². The number of rotatable bonds is 2. The van der Waals surface area contributed by atoms with E-state index in [1.54, 1.807) is 0 Å². The van der Waals surface area contributed by atoms with Crippen molar-refractivity contribution in [1.82, 2.24) is 15.5 Å². The molecule has 0 unspecified atom stereocenters. The Morgan fingerprint density at radius 3 is 3.12 bits per heavy atom. The first-order valence-electron chi connectivity index (χ1n) is 6.27. The quantitative estimate of drug-likeness (QED) is 0.827. The Morgan fingerprint density at radius 2 is 2.38 bits per heavy atom. The lowest BCUT2D eigenvalue weighted by molar-refractivity contribution is 0.264. The molecule has 16 heavy (non-hydrogen) atoms. The van der Waals surface area contributed by atoms with Gasteiger partial charge < -0.3 is 9.84 Å². The van der Waals surface area contributed by atoms with Crippen molar-refractivity contribution >= 4 is 0 Å². The van der Waals surface area contributed by atoms with Gasteiger partial charge in [0, 0.05) is 12.5 Å². The van der Waals surface area contributed by atoms with Gasteiger partial charge in [0.1, 0.15) is 0 Å². The fraction of sp³-hybridized carbons (Fsp3) is 0.833. The van der Waals surface area contributed by atoms with Crippen molar-refractivity contribution in [1.29, 1.82) is 0 Å². The predicted octanol–water partition coefficient (Wildman–Crippen LogP) is 1.83. The smallest absolute Gasteiger partial charge is 0.234 e. The summed E-state index contributed by atoms with van der Waals surface area (Å²) in [5, 5.41) is 7.58. The van der Waals surface area contributed by atoms with Crippen molar-refractivity contribution in [3.63, 3.8) is 0 Å². The summed E-state index contributed by atoms with van der Waals surface area (Å²) in [4.78, 5) is 4.61. The molecule has 3 rings (SSSR count). The van der Waals surface area contributed by atoms with E-state index in [-0.39, 0.29) is 5.41 Å². The fourth-order valence-electron chi connectivity index (χ4n) is 3.17. The molecule has 2 fully saturated rings. The molecule has 1 saturated carbocycles. The zero-order valence-electron chi connectivity index (χ0n) is 9.99. The van der Waals surface area contributed by atoms with Crippen LogP contribution in [0, 0.1) is 5.92 Å². The van der Waals surface area contributed by atoms with Crippen LogP contribution in [0.4, 0.5) is 0 Å². The Bertz CT molecular complexity index is 375. The minimum atomic E-state index is 0.153. The molecule has 0 amide bonds. The molecule has 4 nitrogen and oxygen atoms in total. The van der Waals surface area contributed by atoms with Crippen molar-refractivity contribution < 1.29 is 4.52 Å². The van der Waals surface area contributed by atoms with E-state index >= 15 is 0 Å². The zero-order valence-corrected chi connectivity index (χ0v) is 9.99. The summed E-state index contributed by atoms with van der Waals surface area (Å²) in [5.74, 6) is 2.78. The molecular formula is C12H19N3O. The molecule has 0 bridgehead atoms. The van der Waals surface area contributed by atoms with Crippen molar-refractivity contribution in [2.75, 3.05) is 13.1 Å². The third-order valence-corrected chi connectivity index (χ3v) is 4.17. The Kier molecular flexibility index (Phi) is 2.28. The van der Waals surface area contributed by atoms with Crippen molar-refractivity contribution in [2.45, 2.75) is 44.4 Å². The van der Waals surface area contributed by atoms with Gasteiger partial charge in [-0.15, -0.1) is 0 Å². The van der Waals surface area contributed by atoms with E-state index in [0.717, 1.165) is 24.8 Å². The highest BCUT2D eigenvalue weighted by atomic mass is 16.5. The molecule has 0 aromatic carbocycles. The minimum absolute atomic E-state index is 0.153. The van der Waals surface area contributed by atoms with Gasteiger partial charge in [-0.3, -0.25) is 0 Å². The molecule has 2 heterocycles. The first kappa shape index (κ1) is 10.3. The van der Waals surface area contributed by atoms with Gasteiger partial charge in [-0.05, 0) is 25.3 Å². The van der Waals surface area contributed by atoms with Crippen LogP contribution in [-0.4, -0.2) is 23.2 Å². The Morgan fingerprint density at radius 1 is 1.50 bits per heavy atom. The van der Waals surface area contributed by atoms with E-state index in [9.17, 15) is 0 Å². The lowest BCUT2D eigenvalue weighted by atomic mass is 9.80. The summed E-state index contributed by atoms with van der Waals surface area (Å²) >= 11 is 0. The van der Waals surface area contributed by atoms with Gasteiger partial charge >= 0.3 is 0 Å². The van der Waals surface area contributed by atoms with E-state index in [1.807, 2.05) is 0 Å². The molecule has 1 aliphatic carbocycles. The monoisotopic (exact) mass is 221 g/mol. The summed E-state index contributed by atoms with van der Waals surface area (Å²) in [6, 6.07) is 0. The van der Waals surface area contributed by atoms with Crippen LogP contribution in [0.3, 0.4) is 0 Å². The highest BCUT2D eigenvalue weighted by molar-refractivity contribution is 5.17. The third kappa shape index (κ3) is 1.32. The largest absolute Gasteiger partial charge is 0.339 e. The summed E-state index contributed by atoms with van der Waals surface area (Å²) in [7, 11) is 0. The number of aromatic nitrogens is 2. The highest BCUT2D eigenvalue weighted by Gasteiger charge is 2.51. The first-order valence-corrected chi connectivity index (χ1v) is 6.27. The van der Waals surface area contributed by atoms with Crippen LogP contribution in [0.25, 0.3) is 0 Å². The van der Waals surface area contributed by atoms with Gasteiger partial charge in [-0.1, -0.05) is 25.4 Å². The fourth-order valence-corrected chi connectivity index (χ4v) is 3.17. The number of fused-ring (bicyclic) bond motifs is 1. The highest BCUT2D eigenvalue weighted by Crippen LogP contribution is 2.47. The molecule has 1 saturated heterocycles. The number of nitrogens with one attached hydrogen (secondary N) is 1. The van der Waals surface area contributed by atoms with Crippen LogP contribution in [0.1, 0.15) is 50.7 Å². The summed E-state index contributed by atoms with van der Waals surface area (Å²) in [5.41, 5.74) is 0.153. The van der Waals surface area contributed by atoms with Gasteiger partial charge in [0.05, 0.1) is 5.41 Å². The van der Waals surface area contributed by atoms with E-state index in [1.165, 1.54) is 19.3 Å². The van der Waals surface area contributed by atoms with Gasteiger partial charge in [0.25, 0.3) is 0 Å². The van der Waals surface area contributed by atoms with Gasteiger partial charge in [-0.25, -0.2) is 0 Å². The van der Waals surface area contributed by atoms with Crippen molar-refractivity contribution in [3.8, 4) is 0 Å². The second-order valence-corrected chi connectivity index (χ2v) is 5.49. The number of hydrogen-bond acceptors (Lipinski definition) is 4. The van der Waals surface area contributed by atoms with E-state index in [4.69, 9.17) is 4.52 Å². The Hall–Kier alpha value is -0.900. The maximum Gasteiger partial charge on any atom is 0.234 e. The second kappa shape index (κ2) is 3.55. The molecule has 1 N–H and O–H groups in total. The second-order valence-electron chi connectivity index (χ2n) is 5.49. The first-order chi connectivity index (χ1) is 7.72. The Labute approximate surface area is 95.8 Å². The van der Waals surface area contributed by atoms with E-state index < -0.39 is 0 Å². The average molecular weight is 221 g/mol. The van der Waals surface area contributed by atoms with Gasteiger partial charge in [-0.2, -0.15) is 4.98 Å². The van der Waals surface area contributed by atoms with Crippen molar-refractivity contribution in [3.05, 3.63) is 11.7 Å². The molecule has 4 heteroatoms. The summed E-state index contributed by atoms with van der Waals surface area (Å²) in [6.07, 6.45) is 3.79. The maximum absolute atomic E-state index is 5.51. The maximum atomic E-state index is 5.51. The topological polar surface area (TPSA) is 51.0 Å². The van der Waals surface area contributed by atoms with Crippen LogP contribution < -0.4 is 5.32 Å². The van der Waals surface area contributed by atoms with Crippen LogP contribution in [0.15, 0.2) is 4.52 Å². The van der Waals surface area contributed by atoms with E-state index in [2.05, 4.69) is 29.3 Å². The molecular weight excluding hydrogens is 202 g/mol. The van der Waals surface area contributed by atoms with Crippen LogP contribution in [0.2, 0.25) is 0 Å².